The van der Waals surface area contributed by atoms with E-state index in [1.807, 2.05) is 12.1 Å². The molecule has 3 heterocycles. The van der Waals surface area contributed by atoms with E-state index in [0.717, 1.165) is 16.6 Å². The molecule has 19 heavy (non-hydrogen) atoms. The third-order valence-corrected chi connectivity index (χ3v) is 4.61. The van der Waals surface area contributed by atoms with Crippen molar-refractivity contribution in [3.05, 3.63) is 34.9 Å². The molecule has 0 unspecified atom stereocenters. The van der Waals surface area contributed by atoms with E-state index in [4.69, 9.17) is 0 Å². The number of alkyl halides is 2. The molecule has 1 aromatic rings. The lowest BCUT2D eigenvalue weighted by Crippen LogP contribution is -2.66. The first-order valence-electron chi connectivity index (χ1n) is 7.04. The van der Waals surface area contributed by atoms with E-state index in [2.05, 4.69) is 4.90 Å². The Morgan fingerprint density at radius 1 is 0.842 bits per heavy atom. The highest BCUT2D eigenvalue weighted by Gasteiger charge is 2.38. The van der Waals surface area contributed by atoms with Crippen LogP contribution < -0.4 is 0 Å². The van der Waals surface area contributed by atoms with Gasteiger partial charge in [-0.2, -0.15) is 0 Å². The summed E-state index contributed by atoms with van der Waals surface area (Å²) in [4.78, 5) is 2.50. The molecule has 2 nitrogen and oxygen atoms in total. The minimum absolute atomic E-state index is 0.505. The number of rotatable bonds is 4. The van der Waals surface area contributed by atoms with Crippen molar-refractivity contribution >= 4 is 0 Å². The number of halogens is 2. The Morgan fingerprint density at radius 3 is 1.79 bits per heavy atom. The fraction of sp³-hybridized carbons (Fsp3) is 0.600. The third kappa shape index (κ3) is 2.65. The second kappa shape index (κ2) is 5.17. The van der Waals surface area contributed by atoms with E-state index in [-0.39, 0.29) is 0 Å². The number of quaternary nitrogens is 1. The lowest BCUT2D eigenvalue weighted by Gasteiger charge is -2.50. The number of hydrogen-bond acceptors (Lipinski definition) is 1. The zero-order valence-electron chi connectivity index (χ0n) is 11.2. The summed E-state index contributed by atoms with van der Waals surface area (Å²) >= 11 is 0. The largest absolute Gasteiger partial charge is 0.317 e. The van der Waals surface area contributed by atoms with Gasteiger partial charge in [-0.15, -0.1) is 0 Å². The van der Waals surface area contributed by atoms with Crippen LogP contribution in [0.1, 0.15) is 16.7 Å². The van der Waals surface area contributed by atoms with E-state index in [1.54, 1.807) is 6.07 Å². The van der Waals surface area contributed by atoms with Crippen LogP contribution in [0, 0.1) is 0 Å². The van der Waals surface area contributed by atoms with Gasteiger partial charge in [0.1, 0.15) is 19.9 Å². The first kappa shape index (κ1) is 13.0. The average molecular weight is 267 g/mol. The van der Waals surface area contributed by atoms with Gasteiger partial charge < -0.3 is 4.48 Å². The summed E-state index contributed by atoms with van der Waals surface area (Å²) in [5.74, 6) is 0. The van der Waals surface area contributed by atoms with Crippen molar-refractivity contribution < 1.29 is 13.3 Å². The van der Waals surface area contributed by atoms with Gasteiger partial charge in [0.05, 0.1) is 19.6 Å². The molecule has 0 atom stereocenters. The van der Waals surface area contributed by atoms with Crippen LogP contribution in [0.2, 0.25) is 0 Å². The summed E-state index contributed by atoms with van der Waals surface area (Å²) in [5.41, 5.74) is 2.32. The van der Waals surface area contributed by atoms with Crippen LogP contribution in [-0.4, -0.2) is 48.7 Å². The van der Waals surface area contributed by atoms with E-state index in [1.165, 1.54) is 39.3 Å². The van der Waals surface area contributed by atoms with Crippen molar-refractivity contribution in [1.29, 1.82) is 0 Å². The molecule has 104 valence electrons. The van der Waals surface area contributed by atoms with Crippen LogP contribution in [0.4, 0.5) is 8.78 Å². The van der Waals surface area contributed by atoms with Gasteiger partial charge in [-0.25, -0.2) is 8.78 Å². The number of piperazine rings is 3. The minimum Gasteiger partial charge on any atom is -0.317 e. The molecule has 0 N–H and O–H groups in total. The molecule has 3 saturated heterocycles. The average Bonchev–Trinajstić information content (AvgIpc) is 2.48. The van der Waals surface area contributed by atoms with Crippen molar-refractivity contribution in [1.82, 2.24) is 4.90 Å². The molecular formula is C15H21F2N2+. The first-order chi connectivity index (χ1) is 9.23. The molecule has 4 rings (SSSR count). The maximum Gasteiger partial charge on any atom is 0.115 e. The summed E-state index contributed by atoms with van der Waals surface area (Å²) in [5, 5.41) is 0. The van der Waals surface area contributed by atoms with Crippen LogP contribution in [-0.2, 0) is 19.9 Å². The lowest BCUT2D eigenvalue weighted by molar-refractivity contribution is -0.953. The van der Waals surface area contributed by atoms with Gasteiger partial charge in [-0.3, -0.25) is 4.90 Å². The zero-order valence-corrected chi connectivity index (χ0v) is 11.2. The molecule has 3 aliphatic heterocycles. The molecule has 0 amide bonds. The molecule has 4 heteroatoms. The summed E-state index contributed by atoms with van der Waals surface area (Å²) in [7, 11) is 0. The van der Waals surface area contributed by atoms with Gasteiger partial charge in [-0.1, -0.05) is 6.07 Å². The summed E-state index contributed by atoms with van der Waals surface area (Å²) in [6.45, 7) is 6.93. The number of nitrogens with zero attached hydrogens (tertiary/aromatic N) is 2. The molecule has 0 saturated carbocycles. The molecule has 2 bridgehead atoms. The SMILES string of the molecule is FCc1cc(CF)cc(C[N+]23CCN(CC2)CC3)c1. The van der Waals surface area contributed by atoms with Gasteiger partial charge in [0, 0.05) is 25.2 Å². The monoisotopic (exact) mass is 267 g/mol. The standard InChI is InChI=1S/C15H21F2N2/c16-10-13-7-14(11-17)9-15(8-13)12-19-4-1-18(2-5-19)3-6-19/h7-9H,1-6,10-12H2/q+1. The highest BCUT2D eigenvalue weighted by atomic mass is 19.1. The number of fused-ring (bicyclic) bond motifs is 3. The Morgan fingerprint density at radius 2 is 1.32 bits per heavy atom. The maximum atomic E-state index is 12.9. The van der Waals surface area contributed by atoms with Crippen LogP contribution in [0.15, 0.2) is 18.2 Å². The predicted molar refractivity (Wildman–Crippen MR) is 71.1 cm³/mol. The number of hydrogen-bond donors (Lipinski definition) is 0. The second-order valence-corrected chi connectivity index (χ2v) is 5.94. The van der Waals surface area contributed by atoms with Crippen LogP contribution in [0.3, 0.4) is 0 Å². The van der Waals surface area contributed by atoms with Gasteiger partial charge in [0.15, 0.2) is 0 Å². The maximum absolute atomic E-state index is 12.9. The topological polar surface area (TPSA) is 3.24 Å². The normalized spacial score (nSPS) is 29.7. The Labute approximate surface area is 113 Å². The Balaban J connectivity index is 1.82. The smallest absolute Gasteiger partial charge is 0.115 e. The molecule has 0 aliphatic carbocycles. The second-order valence-electron chi connectivity index (χ2n) is 5.94. The van der Waals surface area contributed by atoms with Crippen molar-refractivity contribution in [2.24, 2.45) is 0 Å². The van der Waals surface area contributed by atoms with Crippen LogP contribution in [0.5, 0.6) is 0 Å². The third-order valence-electron chi connectivity index (χ3n) is 4.61. The Bertz CT molecular complexity index is 417. The zero-order chi connectivity index (χ0) is 13.3. The summed E-state index contributed by atoms with van der Waals surface area (Å²) in [6, 6.07) is 5.46. The van der Waals surface area contributed by atoms with Crippen LogP contribution >= 0.6 is 0 Å². The van der Waals surface area contributed by atoms with E-state index < -0.39 is 13.3 Å². The van der Waals surface area contributed by atoms with Crippen LogP contribution in [0.25, 0.3) is 0 Å². The first-order valence-corrected chi connectivity index (χ1v) is 7.04. The number of benzene rings is 1. The fourth-order valence-electron chi connectivity index (χ4n) is 3.44. The van der Waals surface area contributed by atoms with Crippen molar-refractivity contribution in [2.75, 3.05) is 39.3 Å². The van der Waals surface area contributed by atoms with E-state index in [9.17, 15) is 8.78 Å². The molecule has 1 aromatic carbocycles. The highest BCUT2D eigenvalue weighted by molar-refractivity contribution is 5.29. The fourth-order valence-corrected chi connectivity index (χ4v) is 3.44. The molecule has 3 aliphatic rings. The van der Waals surface area contributed by atoms with E-state index >= 15 is 0 Å². The van der Waals surface area contributed by atoms with Gasteiger partial charge >= 0.3 is 0 Å². The molecular weight excluding hydrogens is 246 g/mol. The Hall–Kier alpha value is -1.00. The minimum atomic E-state index is -0.505. The van der Waals surface area contributed by atoms with Gasteiger partial charge in [-0.05, 0) is 23.3 Å². The quantitative estimate of drug-likeness (QED) is 0.757. The van der Waals surface area contributed by atoms with E-state index in [0.29, 0.717) is 11.1 Å². The molecule has 0 aromatic heterocycles. The summed E-state index contributed by atoms with van der Waals surface area (Å²) in [6.07, 6.45) is 0. The lowest BCUT2D eigenvalue weighted by atomic mass is 10.0. The van der Waals surface area contributed by atoms with Crippen molar-refractivity contribution in [2.45, 2.75) is 19.9 Å². The Kier molecular flexibility index (Phi) is 3.54. The van der Waals surface area contributed by atoms with Gasteiger partial charge in [0.2, 0.25) is 0 Å². The molecule has 0 radical (unpaired) electrons. The molecule has 3 fully saturated rings. The molecule has 0 spiro atoms. The van der Waals surface area contributed by atoms with Crippen molar-refractivity contribution in [3.8, 4) is 0 Å². The van der Waals surface area contributed by atoms with Gasteiger partial charge in [0.25, 0.3) is 0 Å². The summed E-state index contributed by atoms with van der Waals surface area (Å²) < 4.78 is 26.8. The predicted octanol–water partition coefficient (Wildman–Crippen LogP) is 2.27. The highest BCUT2D eigenvalue weighted by Crippen LogP contribution is 2.24. The van der Waals surface area contributed by atoms with Crippen molar-refractivity contribution in [3.63, 3.8) is 0 Å².